The van der Waals surface area contributed by atoms with Crippen LogP contribution in [-0.4, -0.2) is 29.1 Å². The van der Waals surface area contributed by atoms with Gasteiger partial charge in [0.25, 0.3) is 11.1 Å². The lowest BCUT2D eigenvalue weighted by molar-refractivity contribution is -0.122. The summed E-state index contributed by atoms with van der Waals surface area (Å²) >= 11 is 1.04. The quantitative estimate of drug-likeness (QED) is 0.521. The van der Waals surface area contributed by atoms with Gasteiger partial charge < -0.3 is 5.73 Å². The standard InChI is InChI=1S/C14H24N2O2S/c1-2-3-4-5-6-7-8-9-12-13(17)16(11-10-15)14(18)19-12/h9H,2-8,10-11,15H2,1H3/b12-9-. The van der Waals surface area contributed by atoms with E-state index >= 15 is 0 Å². The molecule has 4 nitrogen and oxygen atoms in total. The van der Waals surface area contributed by atoms with Gasteiger partial charge in [-0.3, -0.25) is 14.5 Å². The molecule has 2 amide bonds. The van der Waals surface area contributed by atoms with Crippen molar-refractivity contribution >= 4 is 22.9 Å². The molecule has 1 fully saturated rings. The van der Waals surface area contributed by atoms with Crippen molar-refractivity contribution in [2.45, 2.75) is 51.9 Å². The Hall–Kier alpha value is -0.810. The van der Waals surface area contributed by atoms with Crippen LogP contribution in [0.5, 0.6) is 0 Å². The van der Waals surface area contributed by atoms with Crippen molar-refractivity contribution in [2.75, 3.05) is 13.1 Å². The van der Waals surface area contributed by atoms with Gasteiger partial charge in [0.1, 0.15) is 0 Å². The second-order valence-electron chi connectivity index (χ2n) is 4.74. The number of carbonyl (C=O) groups excluding carboxylic acids is 2. The summed E-state index contributed by atoms with van der Waals surface area (Å²) in [4.78, 5) is 25.2. The highest BCUT2D eigenvalue weighted by atomic mass is 32.2. The van der Waals surface area contributed by atoms with E-state index in [4.69, 9.17) is 5.73 Å². The zero-order chi connectivity index (χ0) is 14.1. The lowest BCUT2D eigenvalue weighted by Gasteiger charge is -2.09. The number of unbranched alkanes of at least 4 members (excludes halogenated alkanes) is 6. The van der Waals surface area contributed by atoms with Crippen LogP contribution in [0.1, 0.15) is 51.9 Å². The first-order chi connectivity index (χ1) is 9.20. The third kappa shape index (κ3) is 5.37. The number of hydrogen-bond acceptors (Lipinski definition) is 4. The number of nitrogens with zero attached hydrogens (tertiary/aromatic N) is 1. The molecule has 1 saturated heterocycles. The van der Waals surface area contributed by atoms with Crippen LogP contribution in [0.3, 0.4) is 0 Å². The van der Waals surface area contributed by atoms with Crippen LogP contribution in [-0.2, 0) is 4.79 Å². The third-order valence-electron chi connectivity index (χ3n) is 3.11. The number of nitrogens with two attached hydrogens (primary N) is 1. The molecule has 1 aliphatic heterocycles. The average molecular weight is 284 g/mol. The van der Waals surface area contributed by atoms with E-state index in [9.17, 15) is 9.59 Å². The Labute approximate surface area is 119 Å². The van der Waals surface area contributed by atoms with E-state index in [2.05, 4.69) is 6.92 Å². The van der Waals surface area contributed by atoms with E-state index in [1.807, 2.05) is 6.08 Å². The molecular formula is C14H24N2O2S. The van der Waals surface area contributed by atoms with Crippen LogP contribution in [0, 0.1) is 0 Å². The maximum absolute atomic E-state index is 11.9. The number of carbonyl (C=O) groups is 2. The van der Waals surface area contributed by atoms with Crippen molar-refractivity contribution in [1.29, 1.82) is 0 Å². The maximum atomic E-state index is 11.9. The predicted octanol–water partition coefficient (Wildman–Crippen LogP) is 3.28. The van der Waals surface area contributed by atoms with E-state index < -0.39 is 0 Å². The minimum absolute atomic E-state index is 0.175. The number of thioether (sulfide) groups is 1. The fourth-order valence-corrected chi connectivity index (χ4v) is 2.89. The molecule has 0 unspecified atom stereocenters. The molecule has 0 bridgehead atoms. The van der Waals surface area contributed by atoms with Crippen LogP contribution in [0.4, 0.5) is 4.79 Å². The molecular weight excluding hydrogens is 260 g/mol. The van der Waals surface area contributed by atoms with E-state index in [1.165, 1.54) is 37.0 Å². The first-order valence-electron chi connectivity index (χ1n) is 7.14. The summed E-state index contributed by atoms with van der Waals surface area (Å²) in [5, 5.41) is -0.190. The summed E-state index contributed by atoms with van der Waals surface area (Å²) in [7, 11) is 0. The van der Waals surface area contributed by atoms with E-state index in [0.29, 0.717) is 18.0 Å². The van der Waals surface area contributed by atoms with Crippen molar-refractivity contribution < 1.29 is 9.59 Å². The molecule has 0 aromatic rings. The topological polar surface area (TPSA) is 63.4 Å². The molecule has 1 heterocycles. The zero-order valence-corrected chi connectivity index (χ0v) is 12.5. The fourth-order valence-electron chi connectivity index (χ4n) is 2.02. The summed E-state index contributed by atoms with van der Waals surface area (Å²) in [5.74, 6) is -0.175. The lowest BCUT2D eigenvalue weighted by atomic mass is 10.1. The number of amides is 2. The highest BCUT2D eigenvalue weighted by Gasteiger charge is 2.33. The number of rotatable bonds is 9. The molecule has 0 radical (unpaired) electrons. The summed E-state index contributed by atoms with van der Waals surface area (Å²) in [6.07, 6.45) is 10.2. The minimum Gasteiger partial charge on any atom is -0.329 e. The molecule has 0 spiro atoms. The van der Waals surface area contributed by atoms with E-state index in [1.54, 1.807) is 0 Å². The first kappa shape index (κ1) is 16.2. The van der Waals surface area contributed by atoms with Gasteiger partial charge >= 0.3 is 0 Å². The molecule has 108 valence electrons. The Morgan fingerprint density at radius 2 is 1.84 bits per heavy atom. The number of hydrogen-bond donors (Lipinski definition) is 1. The van der Waals surface area contributed by atoms with Crippen LogP contribution in [0.2, 0.25) is 0 Å². The molecule has 1 rings (SSSR count). The van der Waals surface area contributed by atoms with Gasteiger partial charge in [-0.15, -0.1) is 0 Å². The van der Waals surface area contributed by atoms with Crippen molar-refractivity contribution in [3.05, 3.63) is 11.0 Å². The Morgan fingerprint density at radius 3 is 2.53 bits per heavy atom. The summed E-state index contributed by atoms with van der Waals surface area (Å²) in [6, 6.07) is 0. The summed E-state index contributed by atoms with van der Waals surface area (Å²) in [6.45, 7) is 2.85. The smallest absolute Gasteiger partial charge is 0.293 e. The van der Waals surface area contributed by atoms with E-state index in [-0.39, 0.29) is 11.1 Å². The molecule has 0 saturated carbocycles. The van der Waals surface area contributed by atoms with E-state index in [0.717, 1.165) is 24.6 Å². The maximum Gasteiger partial charge on any atom is 0.293 e. The molecule has 0 aromatic carbocycles. The number of imide groups is 1. The highest BCUT2D eigenvalue weighted by Crippen LogP contribution is 2.30. The molecule has 0 aromatic heterocycles. The molecule has 1 aliphatic rings. The molecule has 0 aliphatic carbocycles. The average Bonchev–Trinajstić information content (AvgIpc) is 2.66. The first-order valence-corrected chi connectivity index (χ1v) is 7.96. The van der Waals surface area contributed by atoms with Gasteiger partial charge in [-0.1, -0.05) is 45.1 Å². The molecule has 5 heteroatoms. The molecule has 0 atom stereocenters. The monoisotopic (exact) mass is 284 g/mol. The second-order valence-corrected chi connectivity index (χ2v) is 5.73. The predicted molar refractivity (Wildman–Crippen MR) is 79.8 cm³/mol. The SMILES string of the molecule is CCCCCCCC/C=C1\SC(=O)N(CCN)C1=O. The Bertz CT molecular complexity index is 342. The van der Waals surface area contributed by atoms with Crippen molar-refractivity contribution in [3.8, 4) is 0 Å². The number of allylic oxidation sites excluding steroid dienone is 1. The van der Waals surface area contributed by atoms with Crippen LogP contribution < -0.4 is 5.73 Å². The second kappa shape index (κ2) is 9.15. The van der Waals surface area contributed by atoms with Crippen molar-refractivity contribution in [3.63, 3.8) is 0 Å². The Balaban J connectivity index is 2.26. The lowest BCUT2D eigenvalue weighted by Crippen LogP contribution is -2.33. The largest absolute Gasteiger partial charge is 0.329 e. The van der Waals surface area contributed by atoms with Gasteiger partial charge in [-0.05, 0) is 24.6 Å². The Kier molecular flexibility index (Phi) is 7.82. The van der Waals surface area contributed by atoms with Crippen LogP contribution >= 0.6 is 11.8 Å². The minimum atomic E-state index is -0.190. The van der Waals surface area contributed by atoms with Crippen molar-refractivity contribution in [1.82, 2.24) is 4.90 Å². The third-order valence-corrected chi connectivity index (χ3v) is 4.07. The van der Waals surface area contributed by atoms with Crippen molar-refractivity contribution in [2.24, 2.45) is 5.73 Å². The van der Waals surface area contributed by atoms with Crippen LogP contribution in [0.15, 0.2) is 11.0 Å². The van der Waals surface area contributed by atoms with Gasteiger partial charge in [0.05, 0.1) is 4.91 Å². The molecule has 19 heavy (non-hydrogen) atoms. The summed E-state index contributed by atoms with van der Waals surface area (Å²) < 4.78 is 0. The molecule has 2 N–H and O–H groups in total. The Morgan fingerprint density at radius 1 is 1.16 bits per heavy atom. The summed E-state index contributed by atoms with van der Waals surface area (Å²) in [5.41, 5.74) is 5.38. The van der Waals surface area contributed by atoms with Gasteiger partial charge in [-0.25, -0.2) is 0 Å². The highest BCUT2D eigenvalue weighted by molar-refractivity contribution is 8.18. The zero-order valence-electron chi connectivity index (χ0n) is 11.7. The van der Waals surface area contributed by atoms with Gasteiger partial charge in [0.15, 0.2) is 0 Å². The van der Waals surface area contributed by atoms with Gasteiger partial charge in [0, 0.05) is 13.1 Å². The van der Waals surface area contributed by atoms with Crippen LogP contribution in [0.25, 0.3) is 0 Å². The normalized spacial score (nSPS) is 17.8. The van der Waals surface area contributed by atoms with Gasteiger partial charge in [0.2, 0.25) is 0 Å². The fraction of sp³-hybridized carbons (Fsp3) is 0.714. The van der Waals surface area contributed by atoms with Gasteiger partial charge in [-0.2, -0.15) is 0 Å².